The van der Waals surface area contributed by atoms with Crippen molar-refractivity contribution in [1.29, 1.82) is 0 Å². The Kier molecular flexibility index (Phi) is 10.7. The monoisotopic (exact) mass is 417 g/mol. The maximum atomic E-state index is 12.3. The number of ether oxygens (including phenoxy) is 1. The number of carbonyl (C=O) groups is 1. The van der Waals surface area contributed by atoms with E-state index in [0.29, 0.717) is 19.1 Å². The Hall–Kier alpha value is -2.12. The van der Waals surface area contributed by atoms with E-state index in [0.717, 1.165) is 51.4 Å². The van der Waals surface area contributed by atoms with Gasteiger partial charge in [0.15, 0.2) is 5.96 Å². The van der Waals surface area contributed by atoms with E-state index in [1.54, 1.807) is 11.9 Å². The normalized spacial score (nSPS) is 18.3. The number of aliphatic imine (C=N–C) groups is 1. The number of guanidine groups is 1. The molecule has 1 heterocycles. The largest absolute Gasteiger partial charge is 0.376 e. The SMILES string of the molecule is CN=C(NCCCN1CCCC1C(=O)N(C)C)NCC(C)COCc1ccccc1. The van der Waals surface area contributed by atoms with E-state index in [-0.39, 0.29) is 11.9 Å². The summed E-state index contributed by atoms with van der Waals surface area (Å²) >= 11 is 0. The van der Waals surface area contributed by atoms with Gasteiger partial charge in [-0.3, -0.25) is 14.7 Å². The molecule has 1 aliphatic rings. The molecule has 0 spiro atoms. The molecule has 7 heteroatoms. The van der Waals surface area contributed by atoms with E-state index in [4.69, 9.17) is 4.74 Å². The molecule has 168 valence electrons. The lowest BCUT2D eigenvalue weighted by Gasteiger charge is -2.26. The van der Waals surface area contributed by atoms with Crippen molar-refractivity contribution in [3.63, 3.8) is 0 Å². The second kappa shape index (κ2) is 13.2. The first kappa shape index (κ1) is 24.2. The third-order valence-corrected chi connectivity index (χ3v) is 5.36. The van der Waals surface area contributed by atoms with Gasteiger partial charge in [-0.1, -0.05) is 37.3 Å². The van der Waals surface area contributed by atoms with Crippen LogP contribution >= 0.6 is 0 Å². The average molecular weight is 418 g/mol. The lowest BCUT2D eigenvalue weighted by Crippen LogP contribution is -2.44. The minimum Gasteiger partial charge on any atom is -0.376 e. The number of rotatable bonds is 11. The number of likely N-dealkylation sites (tertiary alicyclic amines) is 1. The highest BCUT2D eigenvalue weighted by Gasteiger charge is 2.30. The Labute approximate surface area is 181 Å². The standard InChI is InChI=1S/C23H39N5O2/c1-19(17-30-18-20-10-6-5-7-11-20)16-26-23(24-2)25-13-9-15-28-14-8-12-21(28)22(29)27(3)4/h5-7,10-11,19,21H,8-9,12-18H2,1-4H3,(H2,24,25,26). The Bertz CT molecular complexity index is 650. The van der Waals surface area contributed by atoms with Crippen molar-refractivity contribution in [3.05, 3.63) is 35.9 Å². The number of amides is 1. The van der Waals surface area contributed by atoms with Gasteiger partial charge in [-0.15, -0.1) is 0 Å². The molecule has 1 aromatic rings. The van der Waals surface area contributed by atoms with E-state index in [9.17, 15) is 4.79 Å². The van der Waals surface area contributed by atoms with Crippen LogP contribution in [0.5, 0.6) is 0 Å². The van der Waals surface area contributed by atoms with Gasteiger partial charge < -0.3 is 20.3 Å². The van der Waals surface area contributed by atoms with Crippen LogP contribution in [-0.4, -0.2) is 81.6 Å². The van der Waals surface area contributed by atoms with E-state index >= 15 is 0 Å². The van der Waals surface area contributed by atoms with Crippen LogP contribution in [0.25, 0.3) is 0 Å². The molecule has 0 bridgehead atoms. The van der Waals surface area contributed by atoms with Crippen LogP contribution in [0.4, 0.5) is 0 Å². The highest BCUT2D eigenvalue weighted by atomic mass is 16.5. The topological polar surface area (TPSA) is 69.2 Å². The fraction of sp³-hybridized carbons (Fsp3) is 0.652. The number of carbonyl (C=O) groups excluding carboxylic acids is 1. The van der Waals surface area contributed by atoms with Crippen molar-refractivity contribution in [2.75, 3.05) is 53.9 Å². The van der Waals surface area contributed by atoms with Crippen LogP contribution in [0.15, 0.2) is 35.3 Å². The number of benzene rings is 1. The first-order chi connectivity index (χ1) is 14.5. The zero-order valence-electron chi connectivity index (χ0n) is 19.1. The Morgan fingerprint density at radius 3 is 2.77 bits per heavy atom. The minimum atomic E-state index is 0.0502. The zero-order chi connectivity index (χ0) is 21.8. The molecular formula is C23H39N5O2. The summed E-state index contributed by atoms with van der Waals surface area (Å²) < 4.78 is 5.81. The molecule has 1 aromatic carbocycles. The number of hydrogen-bond acceptors (Lipinski definition) is 4. The van der Waals surface area contributed by atoms with Gasteiger partial charge in [-0.2, -0.15) is 0 Å². The van der Waals surface area contributed by atoms with E-state index in [2.05, 4.69) is 39.6 Å². The number of nitrogens with one attached hydrogen (secondary N) is 2. The van der Waals surface area contributed by atoms with Crippen LogP contribution in [0.2, 0.25) is 0 Å². The predicted molar refractivity (Wildman–Crippen MR) is 123 cm³/mol. The van der Waals surface area contributed by atoms with Gasteiger partial charge >= 0.3 is 0 Å². The molecule has 1 fully saturated rings. The molecule has 2 N–H and O–H groups in total. The van der Waals surface area contributed by atoms with E-state index in [1.807, 2.05) is 32.3 Å². The summed E-state index contributed by atoms with van der Waals surface area (Å²) in [5.41, 5.74) is 1.20. The second-order valence-electron chi connectivity index (χ2n) is 8.27. The second-order valence-corrected chi connectivity index (χ2v) is 8.27. The number of nitrogens with zero attached hydrogens (tertiary/aromatic N) is 3. The molecule has 2 rings (SSSR count). The summed E-state index contributed by atoms with van der Waals surface area (Å²) in [6.45, 7) is 7.09. The number of hydrogen-bond donors (Lipinski definition) is 2. The van der Waals surface area contributed by atoms with Gasteiger partial charge in [0.25, 0.3) is 0 Å². The molecule has 1 saturated heterocycles. The maximum absolute atomic E-state index is 12.3. The highest BCUT2D eigenvalue weighted by molar-refractivity contribution is 5.81. The molecule has 0 saturated carbocycles. The molecule has 1 aliphatic heterocycles. The quantitative estimate of drug-likeness (QED) is 0.327. The third-order valence-electron chi connectivity index (χ3n) is 5.36. The van der Waals surface area contributed by atoms with Crippen LogP contribution in [0, 0.1) is 5.92 Å². The first-order valence-corrected chi connectivity index (χ1v) is 11.0. The first-order valence-electron chi connectivity index (χ1n) is 11.0. The summed E-state index contributed by atoms with van der Waals surface area (Å²) in [6.07, 6.45) is 3.05. The van der Waals surface area contributed by atoms with Crippen molar-refractivity contribution in [2.45, 2.75) is 38.8 Å². The van der Waals surface area contributed by atoms with Crippen molar-refractivity contribution >= 4 is 11.9 Å². The summed E-state index contributed by atoms with van der Waals surface area (Å²) in [5, 5.41) is 6.75. The predicted octanol–water partition coefficient (Wildman–Crippen LogP) is 1.95. The molecule has 1 amide bonds. The Morgan fingerprint density at radius 1 is 1.30 bits per heavy atom. The summed E-state index contributed by atoms with van der Waals surface area (Å²) in [5.74, 6) is 1.42. The van der Waals surface area contributed by atoms with Gasteiger partial charge in [0, 0.05) is 40.8 Å². The molecule has 0 aliphatic carbocycles. The summed E-state index contributed by atoms with van der Waals surface area (Å²) in [6, 6.07) is 10.3. The van der Waals surface area contributed by atoms with Gasteiger partial charge in [0.2, 0.25) is 5.91 Å². The molecular weight excluding hydrogens is 378 g/mol. The van der Waals surface area contributed by atoms with Crippen molar-refractivity contribution in [3.8, 4) is 0 Å². The van der Waals surface area contributed by atoms with Crippen LogP contribution < -0.4 is 10.6 Å². The van der Waals surface area contributed by atoms with Crippen molar-refractivity contribution in [2.24, 2.45) is 10.9 Å². The lowest BCUT2D eigenvalue weighted by molar-refractivity contribution is -0.133. The maximum Gasteiger partial charge on any atom is 0.239 e. The van der Waals surface area contributed by atoms with Gasteiger partial charge in [0.05, 0.1) is 19.3 Å². The molecule has 0 radical (unpaired) electrons. The summed E-state index contributed by atoms with van der Waals surface area (Å²) in [4.78, 5) is 20.6. The van der Waals surface area contributed by atoms with Crippen molar-refractivity contribution in [1.82, 2.24) is 20.4 Å². The highest BCUT2D eigenvalue weighted by Crippen LogP contribution is 2.18. The van der Waals surface area contributed by atoms with Gasteiger partial charge in [0.1, 0.15) is 0 Å². The average Bonchev–Trinajstić information content (AvgIpc) is 3.21. The van der Waals surface area contributed by atoms with Crippen LogP contribution in [-0.2, 0) is 16.1 Å². The molecule has 2 atom stereocenters. The fourth-order valence-electron chi connectivity index (χ4n) is 3.66. The van der Waals surface area contributed by atoms with Crippen LogP contribution in [0.3, 0.4) is 0 Å². The van der Waals surface area contributed by atoms with E-state index in [1.165, 1.54) is 5.56 Å². The minimum absolute atomic E-state index is 0.0502. The third kappa shape index (κ3) is 8.32. The van der Waals surface area contributed by atoms with Crippen LogP contribution in [0.1, 0.15) is 31.7 Å². The smallest absolute Gasteiger partial charge is 0.239 e. The fourth-order valence-corrected chi connectivity index (χ4v) is 3.66. The Balaban J connectivity index is 1.58. The zero-order valence-corrected chi connectivity index (χ0v) is 19.1. The van der Waals surface area contributed by atoms with Gasteiger partial charge in [-0.25, -0.2) is 0 Å². The number of likely N-dealkylation sites (N-methyl/N-ethyl adjacent to an activating group) is 1. The van der Waals surface area contributed by atoms with Gasteiger partial charge in [-0.05, 0) is 37.3 Å². The van der Waals surface area contributed by atoms with Crippen molar-refractivity contribution < 1.29 is 9.53 Å². The lowest BCUT2D eigenvalue weighted by atomic mass is 10.2. The molecule has 2 unspecified atom stereocenters. The van der Waals surface area contributed by atoms with E-state index < -0.39 is 0 Å². The molecule has 30 heavy (non-hydrogen) atoms. The molecule has 7 nitrogen and oxygen atoms in total. The Morgan fingerprint density at radius 2 is 2.07 bits per heavy atom. The molecule has 0 aromatic heterocycles. The summed E-state index contributed by atoms with van der Waals surface area (Å²) in [7, 11) is 5.46.